The Morgan fingerprint density at radius 1 is 1.17 bits per heavy atom. The van der Waals surface area contributed by atoms with Crippen LogP contribution in [0.3, 0.4) is 0 Å². The van der Waals surface area contributed by atoms with Crippen LogP contribution < -0.4 is 15.4 Å². The van der Waals surface area contributed by atoms with Gasteiger partial charge in [-0.25, -0.2) is 9.59 Å². The number of likely N-dealkylation sites (N-methyl/N-ethyl adjacent to an activating group) is 1. The van der Waals surface area contributed by atoms with Crippen molar-refractivity contribution >= 4 is 29.3 Å². The zero-order chi connectivity index (χ0) is 30.6. The third-order valence-electron chi connectivity index (χ3n) is 7.36. The fourth-order valence-electron chi connectivity index (χ4n) is 4.92. The van der Waals surface area contributed by atoms with Crippen molar-refractivity contribution < 1.29 is 33.9 Å². The highest BCUT2D eigenvalue weighted by molar-refractivity contribution is 6.04. The van der Waals surface area contributed by atoms with E-state index in [4.69, 9.17) is 9.26 Å². The average Bonchev–Trinajstić information content (AvgIpc) is 3.27. The van der Waals surface area contributed by atoms with Crippen LogP contribution in [0.5, 0.6) is 5.75 Å². The lowest BCUT2D eigenvalue weighted by Gasteiger charge is -2.38. The summed E-state index contributed by atoms with van der Waals surface area (Å²) in [5.41, 5.74) is 2.72. The van der Waals surface area contributed by atoms with Gasteiger partial charge in [-0.15, -0.1) is 0 Å². The molecule has 0 saturated carbocycles. The molecule has 4 N–H and O–H groups in total. The van der Waals surface area contributed by atoms with Crippen molar-refractivity contribution in [2.75, 3.05) is 37.4 Å². The predicted molar refractivity (Wildman–Crippen MR) is 156 cm³/mol. The first-order chi connectivity index (χ1) is 20.0. The number of urea groups is 1. The van der Waals surface area contributed by atoms with E-state index >= 15 is 0 Å². The van der Waals surface area contributed by atoms with Gasteiger partial charge < -0.3 is 35.0 Å². The van der Waals surface area contributed by atoms with Crippen LogP contribution in [0.25, 0.3) is 0 Å². The highest BCUT2D eigenvalue weighted by Gasteiger charge is 2.34. The molecule has 42 heavy (non-hydrogen) atoms. The molecule has 2 aromatic carbocycles. The van der Waals surface area contributed by atoms with Gasteiger partial charge in [0, 0.05) is 25.6 Å². The van der Waals surface area contributed by atoms with E-state index in [0.717, 1.165) is 5.56 Å². The summed E-state index contributed by atoms with van der Waals surface area (Å²) in [4.78, 5) is 41.6. The molecule has 0 spiro atoms. The van der Waals surface area contributed by atoms with E-state index in [-0.39, 0.29) is 35.3 Å². The number of para-hydroxylation sites is 1. The second-order valence-electron chi connectivity index (χ2n) is 10.8. The molecule has 12 heteroatoms. The molecule has 224 valence electrons. The van der Waals surface area contributed by atoms with Crippen LogP contribution in [-0.4, -0.2) is 82.0 Å². The zero-order valence-corrected chi connectivity index (χ0v) is 24.4. The number of carboxylic acid groups (broad SMARTS) is 1. The number of nitrogens with one attached hydrogen (secondary N) is 2. The van der Waals surface area contributed by atoms with Gasteiger partial charge in [-0.1, -0.05) is 30.3 Å². The second-order valence-corrected chi connectivity index (χ2v) is 10.8. The lowest BCUT2D eigenvalue weighted by molar-refractivity contribution is 0.0343. The van der Waals surface area contributed by atoms with Crippen LogP contribution >= 0.6 is 0 Å². The topological polar surface area (TPSA) is 157 Å². The minimum absolute atomic E-state index is 0.142. The number of rotatable bonds is 9. The van der Waals surface area contributed by atoms with Crippen LogP contribution in [0.1, 0.15) is 51.6 Å². The van der Waals surface area contributed by atoms with Gasteiger partial charge in [0.05, 0.1) is 29.5 Å². The Bertz CT molecular complexity index is 1420. The minimum atomic E-state index is -0.980. The van der Waals surface area contributed by atoms with Crippen molar-refractivity contribution in [1.82, 2.24) is 15.0 Å². The number of carbonyl (C=O) groups is 3. The predicted octanol–water partition coefficient (Wildman–Crippen LogP) is 3.99. The summed E-state index contributed by atoms with van der Waals surface area (Å²) in [6.45, 7) is 8.33. The number of carbonyl (C=O) groups excluding carboxylic acids is 2. The maximum atomic E-state index is 13.7. The fraction of sp³-hybridized carbons (Fsp3) is 0.400. The summed E-state index contributed by atoms with van der Waals surface area (Å²) in [7, 11) is 1.93. The van der Waals surface area contributed by atoms with E-state index in [9.17, 15) is 24.6 Å². The molecular formula is C30H37N5O7. The number of aryl methyl sites for hydroxylation is 2. The fourth-order valence-corrected chi connectivity index (χ4v) is 4.92. The maximum Gasteiger partial charge on any atom is 0.335 e. The third-order valence-corrected chi connectivity index (χ3v) is 7.36. The van der Waals surface area contributed by atoms with Gasteiger partial charge in [-0.3, -0.25) is 9.69 Å². The Labute approximate surface area is 244 Å². The summed E-state index contributed by atoms with van der Waals surface area (Å²) in [6, 6.07) is 10.7. The number of nitrogens with zero attached hydrogens (tertiary/aromatic N) is 3. The van der Waals surface area contributed by atoms with Gasteiger partial charge in [0.1, 0.15) is 17.5 Å². The lowest BCUT2D eigenvalue weighted by atomic mass is 9.98. The molecule has 12 nitrogen and oxygen atoms in total. The molecule has 1 aromatic heterocycles. The van der Waals surface area contributed by atoms with E-state index in [2.05, 4.69) is 20.7 Å². The molecule has 3 aromatic rings. The number of fused-ring (bicyclic) bond motifs is 1. The number of benzene rings is 2. The molecule has 0 unspecified atom stereocenters. The maximum absolute atomic E-state index is 13.7. The van der Waals surface area contributed by atoms with Crippen molar-refractivity contribution in [3.8, 4) is 5.75 Å². The van der Waals surface area contributed by atoms with Crippen molar-refractivity contribution in [2.24, 2.45) is 5.92 Å². The van der Waals surface area contributed by atoms with Gasteiger partial charge in [-0.2, -0.15) is 0 Å². The minimum Gasteiger partial charge on any atom is -0.486 e. The number of ether oxygens (including phenoxy) is 1. The molecule has 1 aliphatic heterocycles. The average molecular weight is 580 g/mol. The Morgan fingerprint density at radius 2 is 1.88 bits per heavy atom. The number of aromatic carboxylic acids is 1. The Morgan fingerprint density at radius 3 is 2.50 bits per heavy atom. The number of aliphatic hydroxyl groups is 1. The standard InChI is InChI=1S/C30H37N5O7/c1-17-13-35(18(2)16-36)28(37)23-7-6-8-24(31-30(40)32-26-19(3)33-42-20(26)4)27(23)41-25(17)15-34(5)14-21-9-11-22(12-10-21)29(38)39/h6-12,17-18,25,36H,13-16H2,1-5H3,(H,38,39)(H2,31,32,40)/t17-,18-,25-/m1/s1. The van der Waals surface area contributed by atoms with Crippen molar-refractivity contribution in [3.63, 3.8) is 0 Å². The molecular weight excluding hydrogens is 542 g/mol. The Hall–Kier alpha value is -4.42. The van der Waals surface area contributed by atoms with Gasteiger partial charge in [0.25, 0.3) is 5.91 Å². The molecule has 0 aliphatic carbocycles. The van der Waals surface area contributed by atoms with Gasteiger partial charge in [0.2, 0.25) is 0 Å². The van der Waals surface area contributed by atoms with Gasteiger partial charge >= 0.3 is 12.0 Å². The largest absolute Gasteiger partial charge is 0.486 e. The smallest absolute Gasteiger partial charge is 0.335 e. The quantitative estimate of drug-likeness (QED) is 0.294. The number of aromatic nitrogens is 1. The van der Waals surface area contributed by atoms with E-state index in [1.165, 1.54) is 0 Å². The summed E-state index contributed by atoms with van der Waals surface area (Å²) in [6.07, 6.45) is -0.401. The van der Waals surface area contributed by atoms with Crippen LogP contribution in [0.4, 0.5) is 16.2 Å². The molecule has 0 saturated heterocycles. The number of carboxylic acids is 1. The second kappa shape index (κ2) is 13.0. The van der Waals surface area contributed by atoms with E-state index < -0.39 is 24.1 Å². The van der Waals surface area contributed by atoms with Crippen LogP contribution in [0.15, 0.2) is 47.0 Å². The van der Waals surface area contributed by atoms with Crippen molar-refractivity contribution in [1.29, 1.82) is 0 Å². The molecule has 3 atom stereocenters. The third kappa shape index (κ3) is 6.89. The van der Waals surface area contributed by atoms with Gasteiger partial charge in [0.15, 0.2) is 11.5 Å². The Balaban J connectivity index is 1.62. The van der Waals surface area contributed by atoms with Gasteiger partial charge in [-0.05, 0) is 57.6 Å². The van der Waals surface area contributed by atoms with Crippen LogP contribution in [0.2, 0.25) is 0 Å². The lowest BCUT2D eigenvalue weighted by Crippen LogP contribution is -2.49. The number of anilines is 2. The zero-order valence-electron chi connectivity index (χ0n) is 24.4. The van der Waals surface area contributed by atoms with Crippen LogP contribution in [-0.2, 0) is 6.54 Å². The molecule has 3 amide bonds. The van der Waals surface area contributed by atoms with E-state index in [1.807, 2.05) is 14.0 Å². The Kier molecular flexibility index (Phi) is 9.48. The molecule has 0 radical (unpaired) electrons. The highest BCUT2D eigenvalue weighted by Crippen LogP contribution is 2.35. The first-order valence-corrected chi connectivity index (χ1v) is 13.7. The van der Waals surface area contributed by atoms with Crippen LogP contribution in [0, 0.1) is 19.8 Å². The molecule has 0 bridgehead atoms. The number of amides is 3. The number of aliphatic hydroxyl groups excluding tert-OH is 1. The molecule has 1 aliphatic rings. The van der Waals surface area contributed by atoms with Crippen molar-refractivity contribution in [2.45, 2.75) is 46.4 Å². The van der Waals surface area contributed by atoms with E-state index in [0.29, 0.717) is 42.5 Å². The summed E-state index contributed by atoms with van der Waals surface area (Å²) >= 11 is 0. The number of hydrogen-bond acceptors (Lipinski definition) is 8. The SMILES string of the molecule is Cc1noc(C)c1NC(=O)Nc1cccc2c1O[C@H](CN(C)Cc1ccc(C(=O)O)cc1)[C@H](C)CN([C@H](C)CO)C2=O. The monoisotopic (exact) mass is 579 g/mol. The normalized spacial score (nSPS) is 17.6. The first kappa shape index (κ1) is 30.5. The highest BCUT2D eigenvalue weighted by atomic mass is 16.5. The molecule has 0 fully saturated rings. The molecule has 2 heterocycles. The summed E-state index contributed by atoms with van der Waals surface area (Å²) < 4.78 is 11.7. The first-order valence-electron chi connectivity index (χ1n) is 13.7. The summed E-state index contributed by atoms with van der Waals surface area (Å²) in [5, 5.41) is 28.5. The number of hydrogen-bond donors (Lipinski definition) is 4. The molecule has 4 rings (SSSR count). The summed E-state index contributed by atoms with van der Waals surface area (Å²) in [5.74, 6) is -0.732. The van der Waals surface area contributed by atoms with Crippen molar-refractivity contribution in [3.05, 3.63) is 70.6 Å². The van der Waals surface area contributed by atoms with E-state index in [1.54, 1.807) is 68.1 Å².